The van der Waals surface area contributed by atoms with Gasteiger partial charge in [-0.1, -0.05) is 13.3 Å². The molecule has 0 aromatic carbocycles. The van der Waals surface area contributed by atoms with Gasteiger partial charge < -0.3 is 15.4 Å². The van der Waals surface area contributed by atoms with E-state index in [-0.39, 0.29) is 6.09 Å². The van der Waals surface area contributed by atoms with Crippen molar-refractivity contribution in [2.24, 2.45) is 5.92 Å². The second-order valence-corrected chi connectivity index (χ2v) is 6.17. The predicted molar refractivity (Wildman–Crippen MR) is 73.7 cm³/mol. The lowest BCUT2D eigenvalue weighted by molar-refractivity contribution is 0.0525. The molecule has 106 valence electrons. The first-order chi connectivity index (χ1) is 8.40. The van der Waals surface area contributed by atoms with Crippen molar-refractivity contribution in [1.29, 1.82) is 0 Å². The highest BCUT2D eigenvalue weighted by atomic mass is 16.6. The molecule has 1 aliphatic rings. The Balaban J connectivity index is 2.10. The van der Waals surface area contributed by atoms with Crippen molar-refractivity contribution in [3.05, 3.63) is 0 Å². The van der Waals surface area contributed by atoms with Crippen LogP contribution < -0.4 is 10.6 Å². The van der Waals surface area contributed by atoms with Crippen molar-refractivity contribution in [2.75, 3.05) is 13.1 Å². The zero-order valence-corrected chi connectivity index (χ0v) is 12.2. The van der Waals surface area contributed by atoms with Gasteiger partial charge in [-0.05, 0) is 52.5 Å². The molecule has 1 saturated heterocycles. The average Bonchev–Trinajstić information content (AvgIpc) is 2.27. The molecule has 0 aliphatic carbocycles. The van der Waals surface area contributed by atoms with Gasteiger partial charge in [-0.15, -0.1) is 0 Å². The molecular formula is C14H28N2O2. The van der Waals surface area contributed by atoms with E-state index in [1.165, 1.54) is 19.3 Å². The smallest absolute Gasteiger partial charge is 0.407 e. The van der Waals surface area contributed by atoms with Gasteiger partial charge in [0.05, 0.1) is 0 Å². The van der Waals surface area contributed by atoms with E-state index in [4.69, 9.17) is 4.74 Å². The maximum Gasteiger partial charge on any atom is 0.407 e. The summed E-state index contributed by atoms with van der Waals surface area (Å²) in [6, 6.07) is 0.544. The van der Waals surface area contributed by atoms with Crippen LogP contribution in [0.4, 0.5) is 4.79 Å². The molecule has 1 amide bonds. The minimum atomic E-state index is -0.415. The standard InChI is InChI=1S/C14H28N2O2/c1-5-11-6-7-12(16-10-11)8-9-15-13(17)18-14(2,3)4/h11-12,16H,5-10H2,1-4H3,(H,15,17)/t11-,12+/m1/s1. The lowest BCUT2D eigenvalue weighted by Gasteiger charge is -2.29. The summed E-state index contributed by atoms with van der Waals surface area (Å²) in [5, 5.41) is 6.36. The average molecular weight is 256 g/mol. The number of amides is 1. The number of rotatable bonds is 4. The van der Waals surface area contributed by atoms with Crippen molar-refractivity contribution < 1.29 is 9.53 Å². The summed E-state index contributed by atoms with van der Waals surface area (Å²) in [5.41, 5.74) is -0.415. The normalized spacial score (nSPS) is 24.7. The maximum absolute atomic E-state index is 11.4. The fourth-order valence-corrected chi connectivity index (χ4v) is 2.23. The van der Waals surface area contributed by atoms with Crippen molar-refractivity contribution in [2.45, 2.75) is 65.0 Å². The monoisotopic (exact) mass is 256 g/mol. The minimum absolute atomic E-state index is 0.315. The summed E-state index contributed by atoms with van der Waals surface area (Å²) in [4.78, 5) is 11.4. The highest BCUT2D eigenvalue weighted by Crippen LogP contribution is 2.18. The Morgan fingerprint density at radius 3 is 2.61 bits per heavy atom. The van der Waals surface area contributed by atoms with E-state index in [9.17, 15) is 4.79 Å². The number of carbonyl (C=O) groups excluding carboxylic acids is 1. The molecule has 0 saturated carbocycles. The van der Waals surface area contributed by atoms with Gasteiger partial charge in [0.2, 0.25) is 0 Å². The van der Waals surface area contributed by atoms with Crippen LogP contribution in [-0.4, -0.2) is 30.8 Å². The number of piperidine rings is 1. The second-order valence-electron chi connectivity index (χ2n) is 6.17. The summed E-state index contributed by atoms with van der Waals surface area (Å²) in [6.07, 6.45) is 4.45. The van der Waals surface area contributed by atoms with Crippen molar-refractivity contribution in [3.63, 3.8) is 0 Å². The van der Waals surface area contributed by atoms with Crippen molar-refractivity contribution in [3.8, 4) is 0 Å². The lowest BCUT2D eigenvalue weighted by atomic mass is 9.91. The molecule has 1 aliphatic heterocycles. The second kappa shape index (κ2) is 6.98. The molecule has 1 heterocycles. The number of hydrogen-bond acceptors (Lipinski definition) is 3. The number of hydrogen-bond donors (Lipinski definition) is 2. The van der Waals surface area contributed by atoms with Crippen LogP contribution in [-0.2, 0) is 4.74 Å². The fourth-order valence-electron chi connectivity index (χ4n) is 2.23. The molecule has 0 spiro atoms. The summed E-state index contributed by atoms with van der Waals surface area (Å²) in [7, 11) is 0. The third kappa shape index (κ3) is 6.24. The highest BCUT2D eigenvalue weighted by Gasteiger charge is 2.20. The van der Waals surface area contributed by atoms with E-state index >= 15 is 0 Å². The molecule has 1 rings (SSSR count). The van der Waals surface area contributed by atoms with Crippen LogP contribution in [0.5, 0.6) is 0 Å². The predicted octanol–water partition coefficient (Wildman–Crippen LogP) is 2.68. The van der Waals surface area contributed by atoms with Gasteiger partial charge in [0.15, 0.2) is 0 Å². The zero-order valence-electron chi connectivity index (χ0n) is 12.2. The summed E-state index contributed by atoms with van der Waals surface area (Å²) >= 11 is 0. The van der Waals surface area contributed by atoms with Gasteiger partial charge in [0, 0.05) is 12.6 Å². The molecule has 0 aromatic heterocycles. The van der Waals surface area contributed by atoms with Gasteiger partial charge in [-0.2, -0.15) is 0 Å². The van der Waals surface area contributed by atoms with Crippen LogP contribution >= 0.6 is 0 Å². The van der Waals surface area contributed by atoms with Gasteiger partial charge >= 0.3 is 6.09 Å². The Morgan fingerprint density at radius 2 is 2.11 bits per heavy atom. The van der Waals surface area contributed by atoms with Gasteiger partial charge in [0.1, 0.15) is 5.60 Å². The number of ether oxygens (including phenoxy) is 1. The Kier molecular flexibility index (Phi) is 5.93. The first kappa shape index (κ1) is 15.3. The van der Waals surface area contributed by atoms with Crippen molar-refractivity contribution >= 4 is 6.09 Å². The highest BCUT2D eigenvalue weighted by molar-refractivity contribution is 5.67. The SMILES string of the molecule is CC[C@@H]1CC[C@@H](CCNC(=O)OC(C)(C)C)NC1. The van der Waals surface area contributed by atoms with E-state index in [2.05, 4.69) is 17.6 Å². The fraction of sp³-hybridized carbons (Fsp3) is 0.929. The number of nitrogens with one attached hydrogen (secondary N) is 2. The van der Waals surface area contributed by atoms with E-state index in [0.29, 0.717) is 12.6 Å². The Hall–Kier alpha value is -0.770. The van der Waals surface area contributed by atoms with Gasteiger partial charge in [0.25, 0.3) is 0 Å². The summed E-state index contributed by atoms with van der Waals surface area (Å²) in [6.45, 7) is 9.67. The lowest BCUT2D eigenvalue weighted by Crippen LogP contribution is -2.41. The van der Waals surface area contributed by atoms with Crippen molar-refractivity contribution in [1.82, 2.24) is 10.6 Å². The van der Waals surface area contributed by atoms with Crippen LogP contribution in [0.1, 0.15) is 53.4 Å². The molecular weight excluding hydrogens is 228 g/mol. The maximum atomic E-state index is 11.4. The summed E-state index contributed by atoms with van der Waals surface area (Å²) < 4.78 is 5.19. The molecule has 0 bridgehead atoms. The zero-order chi connectivity index (χ0) is 13.6. The Bertz CT molecular complexity index is 253. The van der Waals surface area contributed by atoms with Crippen LogP contribution in [0.25, 0.3) is 0 Å². The largest absolute Gasteiger partial charge is 0.444 e. The van der Waals surface area contributed by atoms with E-state index in [1.54, 1.807) is 0 Å². The van der Waals surface area contributed by atoms with Crippen LogP contribution in [0.3, 0.4) is 0 Å². The third-order valence-corrected chi connectivity index (χ3v) is 3.36. The molecule has 18 heavy (non-hydrogen) atoms. The van der Waals surface area contributed by atoms with Gasteiger partial charge in [-0.25, -0.2) is 4.79 Å². The number of carbonyl (C=O) groups is 1. The van der Waals surface area contributed by atoms with E-state index < -0.39 is 5.60 Å². The topological polar surface area (TPSA) is 50.4 Å². The molecule has 0 unspecified atom stereocenters. The molecule has 4 heteroatoms. The van der Waals surface area contributed by atoms with Gasteiger partial charge in [-0.3, -0.25) is 0 Å². The van der Waals surface area contributed by atoms with Crippen LogP contribution in [0, 0.1) is 5.92 Å². The molecule has 1 fully saturated rings. The third-order valence-electron chi connectivity index (χ3n) is 3.36. The molecule has 4 nitrogen and oxygen atoms in total. The Morgan fingerprint density at radius 1 is 1.39 bits per heavy atom. The van der Waals surface area contributed by atoms with Crippen LogP contribution in [0.15, 0.2) is 0 Å². The number of alkyl carbamates (subject to hydrolysis) is 1. The minimum Gasteiger partial charge on any atom is -0.444 e. The first-order valence-electron chi connectivity index (χ1n) is 7.11. The Labute approximate surface area is 111 Å². The molecule has 2 atom stereocenters. The molecule has 0 aromatic rings. The summed E-state index contributed by atoms with van der Waals surface area (Å²) in [5.74, 6) is 0.833. The van der Waals surface area contributed by atoms with E-state index in [1.807, 2.05) is 20.8 Å². The quantitative estimate of drug-likeness (QED) is 0.813. The van der Waals surface area contributed by atoms with Crippen LogP contribution in [0.2, 0.25) is 0 Å². The molecule has 2 N–H and O–H groups in total. The molecule has 0 radical (unpaired) electrons. The van der Waals surface area contributed by atoms with E-state index in [0.717, 1.165) is 18.9 Å². The first-order valence-corrected chi connectivity index (χ1v) is 7.11.